The second-order valence-corrected chi connectivity index (χ2v) is 4.45. The minimum Gasteiger partial charge on any atom is -0.395 e. The lowest BCUT2D eigenvalue weighted by atomic mass is 9.96. The molecule has 0 bridgehead atoms. The normalized spacial score (nSPS) is 10.4. The third-order valence-electron chi connectivity index (χ3n) is 2.88. The Bertz CT molecular complexity index is 376. The number of aliphatic hydroxyl groups is 1. The van der Waals surface area contributed by atoms with E-state index in [4.69, 9.17) is 5.11 Å². The molecule has 0 aliphatic rings. The van der Waals surface area contributed by atoms with E-state index in [-0.39, 0.29) is 12.5 Å². The fraction of sp³-hybridized carbons (Fsp3) is 0.500. The third-order valence-corrected chi connectivity index (χ3v) is 2.88. The summed E-state index contributed by atoms with van der Waals surface area (Å²) in [5, 5.41) is 11.3. The summed E-state index contributed by atoms with van der Waals surface area (Å²) >= 11 is 0. The van der Waals surface area contributed by atoms with E-state index in [1.54, 1.807) is 0 Å². The molecule has 0 radical (unpaired) electrons. The van der Waals surface area contributed by atoms with Crippen molar-refractivity contribution in [2.24, 2.45) is 0 Å². The van der Waals surface area contributed by atoms with E-state index in [0.717, 1.165) is 6.42 Å². The van der Waals surface area contributed by atoms with E-state index < -0.39 is 0 Å². The number of carbonyl (C=O) groups excluding carboxylic acids is 1. The first kappa shape index (κ1) is 13.7. The molecule has 3 heteroatoms. The summed E-state index contributed by atoms with van der Waals surface area (Å²) in [5.74, 6) is -0.00146. The molecule has 1 aromatic carbocycles. The Labute approximate surface area is 103 Å². The fourth-order valence-electron chi connectivity index (χ4n) is 2.13. The van der Waals surface area contributed by atoms with Crippen LogP contribution < -0.4 is 5.32 Å². The molecule has 1 amide bonds. The molecule has 0 aromatic heterocycles. The van der Waals surface area contributed by atoms with E-state index in [2.05, 4.69) is 38.2 Å². The highest BCUT2D eigenvalue weighted by Gasteiger charge is 2.06. The van der Waals surface area contributed by atoms with Gasteiger partial charge in [0, 0.05) is 13.0 Å². The number of hydrogen-bond donors (Lipinski definition) is 2. The highest BCUT2D eigenvalue weighted by atomic mass is 16.3. The summed E-state index contributed by atoms with van der Waals surface area (Å²) in [5.41, 5.74) is 5.01. The Morgan fingerprint density at radius 3 is 2.35 bits per heavy atom. The molecule has 0 aliphatic heterocycles. The van der Waals surface area contributed by atoms with Crippen LogP contribution in [0.4, 0.5) is 0 Å². The topological polar surface area (TPSA) is 49.3 Å². The molecule has 0 unspecified atom stereocenters. The zero-order valence-electron chi connectivity index (χ0n) is 10.8. The first-order valence-corrected chi connectivity index (χ1v) is 5.99. The second kappa shape index (κ2) is 6.40. The lowest BCUT2D eigenvalue weighted by molar-refractivity contribution is -0.121. The maximum absolute atomic E-state index is 11.4. The fourth-order valence-corrected chi connectivity index (χ4v) is 2.13. The molecule has 0 spiro atoms. The zero-order chi connectivity index (χ0) is 12.8. The summed E-state index contributed by atoms with van der Waals surface area (Å²) in [6.07, 6.45) is 1.24. The van der Waals surface area contributed by atoms with Gasteiger partial charge in [-0.25, -0.2) is 0 Å². The Hall–Kier alpha value is -1.35. The van der Waals surface area contributed by atoms with Crippen molar-refractivity contribution in [2.45, 2.75) is 33.6 Å². The highest BCUT2D eigenvalue weighted by Crippen LogP contribution is 2.17. The first-order chi connectivity index (χ1) is 8.04. The Morgan fingerprint density at radius 2 is 1.82 bits per heavy atom. The summed E-state index contributed by atoms with van der Waals surface area (Å²) in [6, 6.07) is 4.29. The van der Waals surface area contributed by atoms with Crippen LogP contribution in [0.15, 0.2) is 12.1 Å². The van der Waals surface area contributed by atoms with Gasteiger partial charge in [-0.1, -0.05) is 17.7 Å². The average molecular weight is 235 g/mol. The van der Waals surface area contributed by atoms with Gasteiger partial charge in [0.15, 0.2) is 0 Å². The summed E-state index contributed by atoms with van der Waals surface area (Å²) < 4.78 is 0. The van der Waals surface area contributed by atoms with Crippen LogP contribution in [-0.2, 0) is 11.2 Å². The molecule has 3 nitrogen and oxygen atoms in total. The van der Waals surface area contributed by atoms with Gasteiger partial charge in [0.1, 0.15) is 0 Å². The summed E-state index contributed by atoms with van der Waals surface area (Å²) in [4.78, 5) is 11.4. The molecular weight excluding hydrogens is 214 g/mol. The van der Waals surface area contributed by atoms with E-state index in [0.29, 0.717) is 13.0 Å². The molecule has 0 atom stereocenters. The number of nitrogens with one attached hydrogen (secondary N) is 1. The molecule has 0 saturated carbocycles. The van der Waals surface area contributed by atoms with Crippen LogP contribution in [0.2, 0.25) is 0 Å². The Morgan fingerprint density at radius 1 is 1.24 bits per heavy atom. The zero-order valence-corrected chi connectivity index (χ0v) is 10.8. The summed E-state index contributed by atoms with van der Waals surface area (Å²) in [6.45, 7) is 6.58. The van der Waals surface area contributed by atoms with Gasteiger partial charge in [0.05, 0.1) is 6.61 Å². The maximum Gasteiger partial charge on any atom is 0.220 e. The maximum atomic E-state index is 11.4. The van der Waals surface area contributed by atoms with E-state index in [9.17, 15) is 4.79 Å². The predicted octanol–water partition coefficient (Wildman–Crippen LogP) is 1.65. The molecule has 0 aliphatic carbocycles. The number of amides is 1. The Balaban J connectivity index is 2.60. The minimum atomic E-state index is -0.00563. The molecule has 17 heavy (non-hydrogen) atoms. The van der Waals surface area contributed by atoms with E-state index in [1.807, 2.05) is 0 Å². The van der Waals surface area contributed by atoms with Crippen molar-refractivity contribution in [2.75, 3.05) is 13.2 Å². The van der Waals surface area contributed by atoms with Crippen LogP contribution in [0, 0.1) is 20.8 Å². The minimum absolute atomic E-state index is 0.00146. The second-order valence-electron chi connectivity index (χ2n) is 4.45. The van der Waals surface area contributed by atoms with Crippen molar-refractivity contribution in [3.63, 3.8) is 0 Å². The lowest BCUT2D eigenvalue weighted by Crippen LogP contribution is -2.26. The summed E-state index contributed by atoms with van der Waals surface area (Å²) in [7, 11) is 0. The number of aliphatic hydroxyl groups excluding tert-OH is 1. The van der Waals surface area contributed by atoms with Crippen LogP contribution in [0.3, 0.4) is 0 Å². The number of rotatable bonds is 5. The van der Waals surface area contributed by atoms with Gasteiger partial charge in [-0.2, -0.15) is 0 Å². The molecule has 0 fully saturated rings. The van der Waals surface area contributed by atoms with Crippen molar-refractivity contribution < 1.29 is 9.90 Å². The van der Waals surface area contributed by atoms with E-state index >= 15 is 0 Å². The van der Waals surface area contributed by atoms with Crippen LogP contribution >= 0.6 is 0 Å². The van der Waals surface area contributed by atoms with Crippen molar-refractivity contribution in [1.82, 2.24) is 5.32 Å². The molecule has 1 rings (SSSR count). The first-order valence-electron chi connectivity index (χ1n) is 5.99. The number of aryl methyl sites for hydroxylation is 3. The van der Waals surface area contributed by atoms with Crippen LogP contribution in [0.5, 0.6) is 0 Å². The van der Waals surface area contributed by atoms with Crippen LogP contribution in [-0.4, -0.2) is 24.2 Å². The predicted molar refractivity (Wildman–Crippen MR) is 69.1 cm³/mol. The average Bonchev–Trinajstić information content (AvgIpc) is 2.24. The number of hydrogen-bond acceptors (Lipinski definition) is 2. The van der Waals surface area contributed by atoms with Gasteiger partial charge in [-0.15, -0.1) is 0 Å². The monoisotopic (exact) mass is 235 g/mol. The van der Waals surface area contributed by atoms with Gasteiger partial charge >= 0.3 is 0 Å². The van der Waals surface area contributed by atoms with Gasteiger partial charge in [-0.05, 0) is 43.9 Å². The van der Waals surface area contributed by atoms with Crippen molar-refractivity contribution in [1.29, 1.82) is 0 Å². The molecule has 0 saturated heterocycles. The third kappa shape index (κ3) is 4.19. The smallest absolute Gasteiger partial charge is 0.220 e. The molecule has 94 valence electrons. The van der Waals surface area contributed by atoms with Crippen LogP contribution in [0.1, 0.15) is 28.7 Å². The van der Waals surface area contributed by atoms with Crippen molar-refractivity contribution in [3.8, 4) is 0 Å². The van der Waals surface area contributed by atoms with E-state index in [1.165, 1.54) is 22.3 Å². The van der Waals surface area contributed by atoms with Crippen LogP contribution in [0.25, 0.3) is 0 Å². The standard InChI is InChI=1S/C14H21NO2/c1-10-8-11(2)13(12(3)9-10)4-5-14(17)15-6-7-16/h8-9,16H,4-7H2,1-3H3,(H,15,17). The number of carbonyl (C=O) groups is 1. The lowest BCUT2D eigenvalue weighted by Gasteiger charge is -2.11. The van der Waals surface area contributed by atoms with Gasteiger partial charge in [0.2, 0.25) is 5.91 Å². The molecule has 2 N–H and O–H groups in total. The molecule has 1 aromatic rings. The van der Waals surface area contributed by atoms with Crippen molar-refractivity contribution >= 4 is 5.91 Å². The SMILES string of the molecule is Cc1cc(C)c(CCC(=O)NCCO)c(C)c1. The molecule has 0 heterocycles. The number of benzene rings is 1. The largest absolute Gasteiger partial charge is 0.395 e. The molecular formula is C14H21NO2. The van der Waals surface area contributed by atoms with Gasteiger partial charge < -0.3 is 10.4 Å². The van der Waals surface area contributed by atoms with Gasteiger partial charge in [0.25, 0.3) is 0 Å². The quantitative estimate of drug-likeness (QED) is 0.815. The van der Waals surface area contributed by atoms with Gasteiger partial charge in [-0.3, -0.25) is 4.79 Å². The van der Waals surface area contributed by atoms with Crippen molar-refractivity contribution in [3.05, 3.63) is 34.4 Å². The highest BCUT2D eigenvalue weighted by molar-refractivity contribution is 5.76. The Kier molecular flexibility index (Phi) is 5.16.